The average molecular weight is 387 g/mol. The van der Waals surface area contributed by atoms with E-state index in [1.807, 2.05) is 24.3 Å². The first kappa shape index (κ1) is 21.8. The van der Waals surface area contributed by atoms with Crippen LogP contribution in [0, 0.1) is 5.92 Å². The molecule has 0 spiro atoms. The second-order valence-electron chi connectivity index (χ2n) is 8.00. The van der Waals surface area contributed by atoms with E-state index in [0.717, 1.165) is 30.4 Å². The van der Waals surface area contributed by atoms with Crippen molar-refractivity contribution in [2.45, 2.75) is 44.9 Å². The molecule has 1 saturated heterocycles. The van der Waals surface area contributed by atoms with Crippen LogP contribution in [0.3, 0.4) is 0 Å². The molecule has 0 saturated carbocycles. The minimum atomic E-state index is 0.170. The maximum absolute atomic E-state index is 6.11. The Balaban J connectivity index is 2.00. The van der Waals surface area contributed by atoms with Crippen LogP contribution in [0.5, 0.6) is 0 Å². The van der Waals surface area contributed by atoms with Crippen LogP contribution in [-0.4, -0.2) is 31.1 Å². The summed E-state index contributed by atoms with van der Waals surface area (Å²) in [4.78, 5) is 2.66. The van der Waals surface area contributed by atoms with Crippen molar-refractivity contribution in [3.05, 3.63) is 71.9 Å². The summed E-state index contributed by atoms with van der Waals surface area (Å²) in [5.74, 6) is 0.669. The zero-order valence-corrected chi connectivity index (χ0v) is 17.8. The third-order valence-electron chi connectivity index (χ3n) is 5.63. The zero-order chi connectivity index (χ0) is 19.7. The fourth-order valence-electron chi connectivity index (χ4n) is 4.26. The highest BCUT2D eigenvalue weighted by atomic mass is 35.5. The summed E-state index contributed by atoms with van der Waals surface area (Å²) >= 11 is 6.11. The van der Waals surface area contributed by atoms with Crippen LogP contribution >= 0.6 is 11.6 Å². The number of benzene rings is 1. The lowest BCUT2D eigenvalue weighted by molar-refractivity contribution is 0.138. The molecule has 3 heteroatoms. The number of nitrogens with zero attached hydrogens (tertiary/aromatic N) is 1. The summed E-state index contributed by atoms with van der Waals surface area (Å²) in [5, 5.41) is 4.33. The third-order valence-corrected chi connectivity index (χ3v) is 5.88. The van der Waals surface area contributed by atoms with E-state index >= 15 is 0 Å². The van der Waals surface area contributed by atoms with Gasteiger partial charge in [0, 0.05) is 35.8 Å². The molecule has 148 valence electrons. The molecule has 2 rings (SSSR count). The van der Waals surface area contributed by atoms with Crippen LogP contribution < -0.4 is 5.32 Å². The van der Waals surface area contributed by atoms with Gasteiger partial charge in [-0.1, -0.05) is 63.2 Å². The van der Waals surface area contributed by atoms with Crippen molar-refractivity contribution >= 4 is 11.6 Å². The molecule has 0 amide bonds. The topological polar surface area (TPSA) is 15.3 Å². The lowest BCUT2D eigenvalue weighted by Crippen LogP contribution is -2.45. The van der Waals surface area contributed by atoms with Gasteiger partial charge < -0.3 is 10.2 Å². The smallest absolute Gasteiger partial charge is 0.0406 e. The van der Waals surface area contributed by atoms with E-state index in [-0.39, 0.29) is 5.41 Å². The van der Waals surface area contributed by atoms with Gasteiger partial charge in [0.1, 0.15) is 0 Å². The number of rotatable bonds is 10. The molecule has 1 aliphatic heterocycles. The number of hydrogen-bond acceptors (Lipinski definition) is 2. The molecule has 1 aromatic carbocycles. The van der Waals surface area contributed by atoms with Crippen LogP contribution in [-0.2, 0) is 5.41 Å². The number of nitrogens with one attached hydrogen (secondary N) is 1. The number of likely N-dealkylation sites (tertiary alicyclic amines) is 1. The highest BCUT2D eigenvalue weighted by molar-refractivity contribution is 6.30. The summed E-state index contributed by atoms with van der Waals surface area (Å²) in [6, 6.07) is 8.46. The molecule has 1 aromatic rings. The van der Waals surface area contributed by atoms with E-state index in [2.05, 4.69) is 49.4 Å². The second-order valence-corrected chi connectivity index (χ2v) is 8.44. The van der Waals surface area contributed by atoms with Crippen molar-refractivity contribution < 1.29 is 0 Å². The Morgan fingerprint density at radius 2 is 2.07 bits per heavy atom. The lowest BCUT2D eigenvalue weighted by Gasteiger charge is -2.40. The largest absolute Gasteiger partial charge is 0.385 e. The molecule has 2 unspecified atom stereocenters. The zero-order valence-electron chi connectivity index (χ0n) is 17.0. The van der Waals surface area contributed by atoms with Crippen molar-refractivity contribution in [3.8, 4) is 0 Å². The molecule has 0 radical (unpaired) electrons. The fourth-order valence-corrected chi connectivity index (χ4v) is 4.39. The van der Waals surface area contributed by atoms with Gasteiger partial charge in [-0.05, 0) is 61.6 Å². The van der Waals surface area contributed by atoms with E-state index < -0.39 is 0 Å². The van der Waals surface area contributed by atoms with Gasteiger partial charge in [-0.3, -0.25) is 0 Å². The minimum absolute atomic E-state index is 0.170. The Hall–Kier alpha value is -1.51. The molecular weight excluding hydrogens is 352 g/mol. The first-order valence-electron chi connectivity index (χ1n) is 10.2. The maximum Gasteiger partial charge on any atom is 0.0406 e. The average Bonchev–Trinajstić information content (AvgIpc) is 2.66. The van der Waals surface area contributed by atoms with Crippen LogP contribution in [0.2, 0.25) is 5.02 Å². The minimum Gasteiger partial charge on any atom is -0.385 e. The van der Waals surface area contributed by atoms with Crippen LogP contribution in [0.4, 0.5) is 0 Å². The van der Waals surface area contributed by atoms with Gasteiger partial charge in [-0.2, -0.15) is 0 Å². The number of halogens is 1. The molecule has 0 aliphatic carbocycles. The molecule has 1 heterocycles. The SMILES string of the molecule is C=C/C=C(\C=C)NCC1CCCN(CC(C)(CCC)c2ccc(Cl)cc2)C1. The second kappa shape index (κ2) is 10.7. The standard InChI is InChI=1S/C24H35ClN2/c1-5-9-23(7-3)26-17-20-10-8-16-27(18-20)19-24(4,15-6-2)21-11-13-22(25)14-12-21/h5,7,9,11-14,20,26H,1,3,6,8,10,15-19H2,2,4H3/b23-9+. The van der Waals surface area contributed by atoms with E-state index in [0.29, 0.717) is 5.92 Å². The van der Waals surface area contributed by atoms with E-state index in [1.165, 1.54) is 37.8 Å². The van der Waals surface area contributed by atoms with Crippen LogP contribution in [0.1, 0.15) is 45.1 Å². The van der Waals surface area contributed by atoms with Gasteiger partial charge in [0.25, 0.3) is 0 Å². The fraction of sp³-hybridized carbons (Fsp3) is 0.500. The van der Waals surface area contributed by atoms with Crippen LogP contribution in [0.25, 0.3) is 0 Å². The van der Waals surface area contributed by atoms with Gasteiger partial charge >= 0.3 is 0 Å². The van der Waals surface area contributed by atoms with Gasteiger partial charge in [-0.25, -0.2) is 0 Å². The van der Waals surface area contributed by atoms with E-state index in [4.69, 9.17) is 11.6 Å². The van der Waals surface area contributed by atoms with Crippen molar-refractivity contribution in [2.24, 2.45) is 5.92 Å². The van der Waals surface area contributed by atoms with E-state index in [9.17, 15) is 0 Å². The molecule has 1 fully saturated rings. The van der Waals surface area contributed by atoms with Crippen molar-refractivity contribution in [3.63, 3.8) is 0 Å². The van der Waals surface area contributed by atoms with Crippen LogP contribution in [0.15, 0.2) is 61.3 Å². The van der Waals surface area contributed by atoms with Gasteiger partial charge in [0.15, 0.2) is 0 Å². The van der Waals surface area contributed by atoms with Gasteiger partial charge in [0.2, 0.25) is 0 Å². The first-order chi connectivity index (χ1) is 13.0. The highest BCUT2D eigenvalue weighted by Crippen LogP contribution is 2.32. The highest BCUT2D eigenvalue weighted by Gasteiger charge is 2.30. The summed E-state index contributed by atoms with van der Waals surface area (Å²) in [6.07, 6.45) is 10.6. The predicted molar refractivity (Wildman–Crippen MR) is 119 cm³/mol. The summed E-state index contributed by atoms with van der Waals surface area (Å²) in [7, 11) is 0. The number of piperidine rings is 1. The maximum atomic E-state index is 6.11. The molecule has 1 N–H and O–H groups in total. The molecule has 1 aliphatic rings. The third kappa shape index (κ3) is 6.55. The van der Waals surface area contributed by atoms with Crippen molar-refractivity contribution in [2.75, 3.05) is 26.2 Å². The Bertz CT molecular complexity index is 634. The van der Waals surface area contributed by atoms with Crippen molar-refractivity contribution in [1.29, 1.82) is 0 Å². The van der Waals surface area contributed by atoms with Gasteiger partial charge in [-0.15, -0.1) is 0 Å². The molecule has 0 aromatic heterocycles. The quantitative estimate of drug-likeness (QED) is 0.499. The summed E-state index contributed by atoms with van der Waals surface area (Å²) in [6.45, 7) is 16.8. The first-order valence-corrected chi connectivity index (χ1v) is 10.6. The molecule has 2 atom stereocenters. The molecule has 2 nitrogen and oxygen atoms in total. The number of allylic oxidation sites excluding steroid dienone is 3. The van der Waals surface area contributed by atoms with Gasteiger partial charge in [0.05, 0.1) is 0 Å². The monoisotopic (exact) mass is 386 g/mol. The Labute approximate surface area is 171 Å². The summed E-state index contributed by atoms with van der Waals surface area (Å²) < 4.78 is 0. The number of hydrogen-bond donors (Lipinski definition) is 1. The Kier molecular flexibility index (Phi) is 8.66. The normalized spacial score (nSPS) is 20.7. The predicted octanol–water partition coefficient (Wildman–Crippen LogP) is 5.96. The van der Waals surface area contributed by atoms with Crippen molar-refractivity contribution in [1.82, 2.24) is 10.2 Å². The molecule has 27 heavy (non-hydrogen) atoms. The molecular formula is C24H35ClN2. The van der Waals surface area contributed by atoms with E-state index in [1.54, 1.807) is 6.08 Å². The summed E-state index contributed by atoms with van der Waals surface area (Å²) in [5.41, 5.74) is 2.62. The lowest BCUT2D eigenvalue weighted by atomic mass is 9.77. The molecule has 0 bridgehead atoms. The Morgan fingerprint density at radius 1 is 1.33 bits per heavy atom. The Morgan fingerprint density at radius 3 is 2.70 bits per heavy atom.